The van der Waals surface area contributed by atoms with Crippen molar-refractivity contribution in [3.63, 3.8) is 0 Å². The minimum Gasteiger partial charge on any atom is -0.439 e. The lowest BCUT2D eigenvalue weighted by atomic mass is 10.2. The molecule has 0 saturated heterocycles. The Hall–Kier alpha value is -3.66. The molecule has 4 aromatic rings. The number of anilines is 1. The normalized spacial score (nSPS) is 10.9. The summed E-state index contributed by atoms with van der Waals surface area (Å²) < 4.78 is 11.5. The third kappa shape index (κ3) is 4.29. The number of carbonyl (C=O) groups excluding carboxylic acids is 1. The third-order valence-corrected chi connectivity index (χ3v) is 5.69. The zero-order valence-electron chi connectivity index (χ0n) is 17.8. The number of aryl methyl sites for hydroxylation is 3. The summed E-state index contributed by atoms with van der Waals surface area (Å²) in [5, 5.41) is 11.2. The summed E-state index contributed by atoms with van der Waals surface area (Å²) in [6.07, 6.45) is 0. The molecule has 0 fully saturated rings. The molecule has 0 spiro atoms. The standard InChI is InChI=1S/C21H21N7O2S/c1-11-12(2)26-28(14(11)4)18-10-19(23-15(5)22-18)30-17-8-6-16(7-9-17)24-21(29)20-13(3)25-27-31-20/h6-10H,1-5H3,(H,24,29). The van der Waals surface area contributed by atoms with E-state index in [4.69, 9.17) is 4.74 Å². The van der Waals surface area contributed by atoms with E-state index in [9.17, 15) is 4.79 Å². The van der Waals surface area contributed by atoms with Crippen molar-refractivity contribution >= 4 is 23.1 Å². The molecule has 10 heteroatoms. The van der Waals surface area contributed by atoms with Gasteiger partial charge >= 0.3 is 0 Å². The first-order chi connectivity index (χ1) is 14.8. The monoisotopic (exact) mass is 435 g/mol. The molecule has 0 aliphatic heterocycles. The predicted octanol–water partition coefficient (Wildman–Crippen LogP) is 4.10. The van der Waals surface area contributed by atoms with Gasteiger partial charge in [0.15, 0.2) is 5.82 Å². The second-order valence-corrected chi connectivity index (χ2v) is 7.84. The number of benzene rings is 1. The average molecular weight is 436 g/mol. The average Bonchev–Trinajstić information content (AvgIpc) is 3.27. The summed E-state index contributed by atoms with van der Waals surface area (Å²) in [4.78, 5) is 21.7. The summed E-state index contributed by atoms with van der Waals surface area (Å²) in [5.74, 6) is 1.99. The van der Waals surface area contributed by atoms with Crippen LogP contribution in [0.1, 0.15) is 38.1 Å². The number of aromatic nitrogens is 6. The highest BCUT2D eigenvalue weighted by atomic mass is 32.1. The molecule has 1 N–H and O–H groups in total. The Morgan fingerprint density at radius 2 is 1.77 bits per heavy atom. The number of nitrogens with one attached hydrogen (secondary N) is 1. The zero-order chi connectivity index (χ0) is 22.1. The highest BCUT2D eigenvalue weighted by Gasteiger charge is 2.14. The quantitative estimate of drug-likeness (QED) is 0.503. The van der Waals surface area contributed by atoms with E-state index >= 15 is 0 Å². The van der Waals surface area contributed by atoms with Gasteiger partial charge in [-0.15, -0.1) is 5.10 Å². The van der Waals surface area contributed by atoms with Gasteiger partial charge in [0.25, 0.3) is 5.91 Å². The van der Waals surface area contributed by atoms with E-state index in [1.54, 1.807) is 41.9 Å². The van der Waals surface area contributed by atoms with Crippen molar-refractivity contribution in [2.75, 3.05) is 5.32 Å². The third-order valence-electron chi connectivity index (χ3n) is 4.86. The van der Waals surface area contributed by atoms with Crippen LogP contribution < -0.4 is 10.1 Å². The van der Waals surface area contributed by atoms with E-state index < -0.39 is 0 Å². The smallest absolute Gasteiger partial charge is 0.269 e. The second-order valence-electron chi connectivity index (χ2n) is 7.09. The molecule has 0 aliphatic carbocycles. The molecule has 0 aliphatic rings. The molecule has 0 saturated carbocycles. The lowest BCUT2D eigenvalue weighted by Crippen LogP contribution is -2.11. The van der Waals surface area contributed by atoms with Crippen LogP contribution in [0.3, 0.4) is 0 Å². The van der Waals surface area contributed by atoms with Crippen molar-refractivity contribution in [1.82, 2.24) is 29.3 Å². The Labute approximate surface area is 183 Å². The van der Waals surface area contributed by atoms with Crippen molar-refractivity contribution in [1.29, 1.82) is 0 Å². The van der Waals surface area contributed by atoms with Crippen LogP contribution in [0, 0.1) is 34.6 Å². The van der Waals surface area contributed by atoms with Crippen molar-refractivity contribution in [2.24, 2.45) is 0 Å². The first-order valence-electron chi connectivity index (χ1n) is 9.59. The van der Waals surface area contributed by atoms with Crippen molar-refractivity contribution in [3.8, 4) is 17.4 Å². The van der Waals surface area contributed by atoms with Gasteiger partial charge in [-0.1, -0.05) is 4.49 Å². The molecule has 9 nitrogen and oxygen atoms in total. The van der Waals surface area contributed by atoms with E-state index in [2.05, 4.69) is 30.0 Å². The summed E-state index contributed by atoms with van der Waals surface area (Å²) in [6, 6.07) is 8.80. The lowest BCUT2D eigenvalue weighted by molar-refractivity contribution is 0.103. The lowest BCUT2D eigenvalue weighted by Gasteiger charge is -2.10. The molecule has 0 bridgehead atoms. The van der Waals surface area contributed by atoms with Crippen LogP contribution in [0.5, 0.6) is 11.6 Å². The van der Waals surface area contributed by atoms with E-state index in [0.29, 0.717) is 39.5 Å². The zero-order valence-corrected chi connectivity index (χ0v) is 18.6. The molecule has 0 atom stereocenters. The molecular formula is C21H21N7O2S. The topological polar surface area (TPSA) is 108 Å². The van der Waals surface area contributed by atoms with Crippen molar-refractivity contribution in [2.45, 2.75) is 34.6 Å². The SMILES string of the molecule is Cc1nc(Oc2ccc(NC(=O)c3snnc3C)cc2)cc(-n2nc(C)c(C)c2C)n1. The fraction of sp³-hybridized carbons (Fsp3) is 0.238. The van der Waals surface area contributed by atoms with Crippen molar-refractivity contribution < 1.29 is 9.53 Å². The van der Waals surface area contributed by atoms with E-state index in [0.717, 1.165) is 28.5 Å². The van der Waals surface area contributed by atoms with Gasteiger partial charge in [0, 0.05) is 17.4 Å². The largest absolute Gasteiger partial charge is 0.439 e. The van der Waals surface area contributed by atoms with Gasteiger partial charge in [-0.25, -0.2) is 9.67 Å². The van der Waals surface area contributed by atoms with Gasteiger partial charge in [0.1, 0.15) is 16.5 Å². The Morgan fingerprint density at radius 3 is 2.39 bits per heavy atom. The Kier molecular flexibility index (Phi) is 5.47. The summed E-state index contributed by atoms with van der Waals surface area (Å²) in [5.41, 5.74) is 4.35. The van der Waals surface area contributed by atoms with Crippen LogP contribution in [0.2, 0.25) is 0 Å². The van der Waals surface area contributed by atoms with Gasteiger partial charge in [0.05, 0.1) is 11.4 Å². The van der Waals surface area contributed by atoms with Gasteiger partial charge in [-0.3, -0.25) is 4.79 Å². The molecule has 31 heavy (non-hydrogen) atoms. The highest BCUT2D eigenvalue weighted by molar-refractivity contribution is 7.08. The molecule has 158 valence electrons. The maximum Gasteiger partial charge on any atom is 0.269 e. The molecule has 0 unspecified atom stereocenters. The van der Waals surface area contributed by atoms with Crippen LogP contribution in [0.4, 0.5) is 5.69 Å². The Balaban J connectivity index is 1.52. The van der Waals surface area contributed by atoms with Gasteiger partial charge < -0.3 is 10.1 Å². The maximum atomic E-state index is 12.3. The number of ether oxygens (including phenoxy) is 1. The number of hydrogen-bond acceptors (Lipinski definition) is 8. The van der Waals surface area contributed by atoms with Crippen LogP contribution >= 0.6 is 11.5 Å². The second kappa shape index (κ2) is 8.23. The predicted molar refractivity (Wildman–Crippen MR) is 117 cm³/mol. The van der Waals surface area contributed by atoms with Gasteiger partial charge in [-0.2, -0.15) is 10.1 Å². The Bertz CT molecular complexity index is 1260. The fourth-order valence-electron chi connectivity index (χ4n) is 2.98. The number of nitrogens with zero attached hydrogens (tertiary/aromatic N) is 6. The number of carbonyl (C=O) groups is 1. The van der Waals surface area contributed by atoms with E-state index in [-0.39, 0.29) is 5.91 Å². The maximum absolute atomic E-state index is 12.3. The summed E-state index contributed by atoms with van der Waals surface area (Å²) in [7, 11) is 0. The first kappa shape index (κ1) is 20.6. The summed E-state index contributed by atoms with van der Waals surface area (Å²) >= 11 is 1.07. The fourth-order valence-corrected chi connectivity index (χ4v) is 3.54. The molecule has 1 aromatic carbocycles. The van der Waals surface area contributed by atoms with Crippen LogP contribution in [0.15, 0.2) is 30.3 Å². The minimum atomic E-state index is -0.239. The molecule has 3 aromatic heterocycles. The van der Waals surface area contributed by atoms with Crippen molar-refractivity contribution in [3.05, 3.63) is 63.7 Å². The Morgan fingerprint density at radius 1 is 1.03 bits per heavy atom. The van der Waals surface area contributed by atoms with Gasteiger partial charge in [0.2, 0.25) is 5.88 Å². The van der Waals surface area contributed by atoms with Crippen LogP contribution in [-0.4, -0.2) is 35.2 Å². The molecule has 4 rings (SSSR count). The number of rotatable bonds is 5. The number of amides is 1. The molecular weight excluding hydrogens is 414 g/mol. The van der Waals surface area contributed by atoms with Crippen LogP contribution in [-0.2, 0) is 0 Å². The molecule has 1 amide bonds. The molecule has 0 radical (unpaired) electrons. The van der Waals surface area contributed by atoms with E-state index in [1.165, 1.54) is 0 Å². The summed E-state index contributed by atoms with van der Waals surface area (Å²) in [6.45, 7) is 9.57. The highest BCUT2D eigenvalue weighted by Crippen LogP contribution is 2.24. The number of hydrogen-bond donors (Lipinski definition) is 1. The van der Waals surface area contributed by atoms with Crippen LogP contribution in [0.25, 0.3) is 5.82 Å². The molecule has 3 heterocycles. The minimum absolute atomic E-state index is 0.239. The first-order valence-corrected chi connectivity index (χ1v) is 10.4. The van der Waals surface area contributed by atoms with Gasteiger partial charge in [-0.05, 0) is 76.0 Å². The van der Waals surface area contributed by atoms with E-state index in [1.807, 2.05) is 27.7 Å².